The molecule has 0 saturated carbocycles. The van der Waals surface area contributed by atoms with Crippen molar-refractivity contribution >= 4 is 34.9 Å². The van der Waals surface area contributed by atoms with Crippen molar-refractivity contribution in [3.63, 3.8) is 0 Å². The summed E-state index contributed by atoms with van der Waals surface area (Å²) in [5.74, 6) is 1.01. The van der Waals surface area contributed by atoms with Crippen molar-refractivity contribution in [2.24, 2.45) is 15.6 Å². The van der Waals surface area contributed by atoms with Gasteiger partial charge in [-0.2, -0.15) is 14.6 Å². The molecule has 0 fully saturated rings. The second-order valence-corrected chi connectivity index (χ2v) is 10.0. The first-order valence-corrected chi connectivity index (χ1v) is 12.5. The third-order valence-corrected chi connectivity index (χ3v) is 6.01. The zero-order valence-corrected chi connectivity index (χ0v) is 24.4. The molecule has 0 spiro atoms. The van der Waals surface area contributed by atoms with Crippen LogP contribution in [0.15, 0.2) is 59.0 Å². The molecular formula is C25H36N4NaO4S+. The number of hydrogen-bond acceptors (Lipinski definition) is 8. The summed E-state index contributed by atoms with van der Waals surface area (Å²) >= 11 is 1.00. The minimum absolute atomic E-state index is 0. The number of anilines is 1. The Morgan fingerprint density at radius 1 is 1.00 bits per heavy atom. The van der Waals surface area contributed by atoms with Crippen molar-refractivity contribution in [2.45, 2.75) is 59.4 Å². The van der Waals surface area contributed by atoms with Gasteiger partial charge in [-0.05, 0) is 43.5 Å². The smallest absolute Gasteiger partial charge is 0.691 e. The van der Waals surface area contributed by atoms with Gasteiger partial charge >= 0.3 is 29.6 Å². The third-order valence-electron chi connectivity index (χ3n) is 5.40. The zero-order valence-electron chi connectivity index (χ0n) is 21.6. The second kappa shape index (κ2) is 17.2. The third kappa shape index (κ3) is 13.0. The van der Waals surface area contributed by atoms with E-state index >= 15 is 0 Å². The van der Waals surface area contributed by atoms with Gasteiger partial charge in [-0.3, -0.25) is 9.83 Å². The van der Waals surface area contributed by atoms with Crippen LogP contribution < -0.4 is 44.3 Å². The Balaban J connectivity index is 0.00000612. The minimum Gasteiger partial charge on any atom is -0.691 e. The number of carbonyl (C=O) groups excluding carboxylic acids is 1. The normalized spacial score (nSPS) is 11.5. The number of rotatable bonds is 15. The first-order chi connectivity index (χ1) is 16.3. The number of unbranched alkanes of at least 4 members (excludes halogenated alkanes) is 2. The van der Waals surface area contributed by atoms with E-state index in [1.165, 1.54) is 0 Å². The molecule has 0 saturated heterocycles. The van der Waals surface area contributed by atoms with E-state index in [0.717, 1.165) is 67.9 Å². The van der Waals surface area contributed by atoms with Gasteiger partial charge in [0.2, 0.25) is 0 Å². The van der Waals surface area contributed by atoms with Crippen LogP contribution in [0.2, 0.25) is 0 Å². The quantitative estimate of drug-likeness (QED) is 0.0693. The standard InChI is InChI=1S/C25H36N4O4S.Na/c1-25(2,3)24(30)9-6-5-7-17-29-18-14-22(15-19-29)27-26-21-10-12-23(13-11-21)28(4)16-8-20-34-33-32-31;/h10-15,18-19H,5-9,16-17,20H2,1-4H3;/q;+1. The Morgan fingerprint density at radius 3 is 2.23 bits per heavy atom. The Morgan fingerprint density at radius 2 is 1.63 bits per heavy atom. The molecule has 0 radical (unpaired) electrons. The molecule has 35 heavy (non-hydrogen) atoms. The van der Waals surface area contributed by atoms with Gasteiger partial charge in [-0.1, -0.05) is 20.8 Å². The number of azo groups is 1. The van der Waals surface area contributed by atoms with Crippen molar-refractivity contribution in [3.8, 4) is 0 Å². The van der Waals surface area contributed by atoms with Gasteiger partial charge in [0.25, 0.3) is 0 Å². The number of aryl methyl sites for hydroxylation is 1. The van der Waals surface area contributed by atoms with Crippen LogP contribution in [0.5, 0.6) is 0 Å². The molecule has 0 aliphatic rings. The van der Waals surface area contributed by atoms with Gasteiger partial charge in [0.05, 0.1) is 11.4 Å². The summed E-state index contributed by atoms with van der Waals surface area (Å²) in [5, 5.41) is 21.7. The van der Waals surface area contributed by atoms with Crippen LogP contribution in [-0.2, 0) is 20.7 Å². The van der Waals surface area contributed by atoms with E-state index in [9.17, 15) is 10.1 Å². The molecule has 0 unspecified atom stereocenters. The van der Waals surface area contributed by atoms with E-state index in [2.05, 4.69) is 29.1 Å². The number of Topliss-reactive ketones (excluding diaryl/α,β-unsaturated/α-hetero) is 1. The predicted octanol–water partition coefficient (Wildman–Crippen LogP) is 2.27. The minimum atomic E-state index is -0.233. The number of aromatic nitrogens is 1. The maximum atomic E-state index is 12.0. The number of pyridine rings is 1. The summed E-state index contributed by atoms with van der Waals surface area (Å²) in [4.78, 5) is 14.1. The molecular weight excluding hydrogens is 475 g/mol. The molecule has 8 nitrogen and oxygen atoms in total. The SMILES string of the molecule is CN(CCCSOO[O-])c1ccc(N=Nc2cc[n+](CCCCCC(=O)C(C)(C)C)cc2)cc1.[Na+]. The number of carbonyl (C=O) groups is 1. The van der Waals surface area contributed by atoms with Crippen molar-refractivity contribution < 1.29 is 53.5 Å². The average Bonchev–Trinajstić information content (AvgIpc) is 2.82. The molecule has 0 atom stereocenters. The van der Waals surface area contributed by atoms with Crippen LogP contribution in [0.3, 0.4) is 0 Å². The van der Waals surface area contributed by atoms with Crippen molar-refractivity contribution in [3.05, 3.63) is 48.8 Å². The molecule has 1 aromatic carbocycles. The fourth-order valence-corrected chi connectivity index (χ4v) is 3.58. The molecule has 1 aromatic heterocycles. The molecule has 2 rings (SSSR count). The molecule has 2 aromatic rings. The van der Waals surface area contributed by atoms with Gasteiger partial charge in [0, 0.05) is 67.5 Å². The van der Waals surface area contributed by atoms with Crippen LogP contribution in [0.4, 0.5) is 17.1 Å². The van der Waals surface area contributed by atoms with Crippen molar-refractivity contribution in [1.82, 2.24) is 0 Å². The predicted molar refractivity (Wildman–Crippen MR) is 133 cm³/mol. The Hall–Kier alpha value is -1.33. The van der Waals surface area contributed by atoms with Crippen molar-refractivity contribution in [1.29, 1.82) is 0 Å². The molecule has 10 heteroatoms. The number of benzene rings is 1. The number of hydrogen-bond donors (Lipinski definition) is 0. The summed E-state index contributed by atoms with van der Waals surface area (Å²) in [6.07, 6.45) is 8.59. The maximum Gasteiger partial charge on any atom is 1.00 e. The van der Waals surface area contributed by atoms with E-state index < -0.39 is 0 Å². The van der Waals surface area contributed by atoms with E-state index in [-0.39, 0.29) is 35.0 Å². The van der Waals surface area contributed by atoms with E-state index in [1.54, 1.807) is 0 Å². The van der Waals surface area contributed by atoms with Gasteiger partial charge in [-0.15, -0.1) is 0 Å². The van der Waals surface area contributed by atoms with Crippen LogP contribution in [-0.4, -0.2) is 25.1 Å². The monoisotopic (exact) mass is 511 g/mol. The summed E-state index contributed by atoms with van der Waals surface area (Å²) in [6.45, 7) is 7.69. The molecule has 1 heterocycles. The molecule has 0 bridgehead atoms. The van der Waals surface area contributed by atoms with E-state index in [4.69, 9.17) is 0 Å². The first kappa shape index (κ1) is 31.7. The molecule has 0 amide bonds. The van der Waals surface area contributed by atoms with Crippen LogP contribution in [0.25, 0.3) is 0 Å². The fraction of sp³-hybridized carbons (Fsp3) is 0.520. The Bertz CT molecular complexity index is 890. The summed E-state index contributed by atoms with van der Waals surface area (Å²) in [7, 11) is 2.01. The Kier molecular flexibility index (Phi) is 15.6. The fourth-order valence-electron chi connectivity index (χ4n) is 3.23. The number of nitrogens with zero attached hydrogens (tertiary/aromatic N) is 4. The molecule has 186 valence electrons. The van der Waals surface area contributed by atoms with Crippen LogP contribution in [0.1, 0.15) is 52.9 Å². The summed E-state index contributed by atoms with van der Waals surface area (Å²) < 4.78 is 6.39. The van der Waals surface area contributed by atoms with Gasteiger partial charge in [-0.25, -0.2) is 4.57 Å². The van der Waals surface area contributed by atoms with Crippen LogP contribution >= 0.6 is 12.0 Å². The average molecular weight is 512 g/mol. The van der Waals surface area contributed by atoms with Crippen molar-refractivity contribution in [2.75, 3.05) is 24.2 Å². The second-order valence-electron chi connectivity index (χ2n) is 9.23. The number of ketones is 1. The topological polar surface area (TPSA) is 90.4 Å². The zero-order chi connectivity index (χ0) is 24.8. The molecule has 0 aliphatic heterocycles. The van der Waals surface area contributed by atoms with Gasteiger partial charge < -0.3 is 10.2 Å². The van der Waals surface area contributed by atoms with Crippen LogP contribution in [0, 0.1) is 5.41 Å². The largest absolute Gasteiger partial charge is 1.00 e. The maximum absolute atomic E-state index is 12.0. The Labute approximate surface area is 235 Å². The van der Waals surface area contributed by atoms with Gasteiger partial charge in [0.1, 0.15) is 12.3 Å². The molecule has 0 N–H and O–H groups in total. The summed E-state index contributed by atoms with van der Waals surface area (Å²) in [5.41, 5.74) is 2.43. The first-order valence-electron chi connectivity index (χ1n) is 11.6. The summed E-state index contributed by atoms with van der Waals surface area (Å²) in [6, 6.07) is 11.8. The van der Waals surface area contributed by atoms with E-state index in [0.29, 0.717) is 18.0 Å². The van der Waals surface area contributed by atoms with E-state index in [1.807, 2.05) is 76.6 Å². The van der Waals surface area contributed by atoms with Gasteiger partial charge in [0.15, 0.2) is 12.4 Å². The molecule has 0 aliphatic carbocycles.